The molecule has 1 amide bonds. The van der Waals surface area contributed by atoms with Crippen LogP contribution in [0.1, 0.15) is 48.0 Å². The Morgan fingerprint density at radius 3 is 1.86 bits per heavy atom. The maximum absolute atomic E-state index is 11.9. The van der Waals surface area contributed by atoms with Gasteiger partial charge in [0.25, 0.3) is 0 Å². The Morgan fingerprint density at radius 1 is 1.21 bits per heavy atom. The van der Waals surface area contributed by atoms with Gasteiger partial charge < -0.3 is 5.32 Å². The third-order valence-electron chi connectivity index (χ3n) is 3.20. The van der Waals surface area contributed by atoms with E-state index in [1.54, 1.807) is 7.05 Å². The van der Waals surface area contributed by atoms with E-state index in [1.165, 1.54) is 0 Å². The number of carbonyl (C=O) groups is 1. The second-order valence-electron chi connectivity index (χ2n) is 5.76. The summed E-state index contributed by atoms with van der Waals surface area (Å²) < 4.78 is 0. The number of hydrogen-bond acceptors (Lipinski definition) is 1. The van der Waals surface area contributed by atoms with Gasteiger partial charge in [-0.05, 0) is 17.8 Å². The molecule has 0 aliphatic rings. The first-order valence-corrected chi connectivity index (χ1v) is 5.37. The minimum Gasteiger partial charge on any atom is -0.359 e. The molecule has 1 N–H and O–H groups in total. The van der Waals surface area contributed by atoms with Crippen LogP contribution in [0.5, 0.6) is 0 Å². The fourth-order valence-corrected chi connectivity index (χ4v) is 1.83. The van der Waals surface area contributed by atoms with E-state index in [1.807, 2.05) is 0 Å². The van der Waals surface area contributed by atoms with Crippen molar-refractivity contribution in [1.29, 1.82) is 0 Å². The molecule has 0 spiro atoms. The fraction of sp³-hybridized carbons (Fsp3) is 0.917. The van der Waals surface area contributed by atoms with Gasteiger partial charge in [-0.3, -0.25) is 4.79 Å². The topological polar surface area (TPSA) is 29.1 Å². The highest BCUT2D eigenvalue weighted by molar-refractivity contribution is 5.82. The standard InChI is InChI=1S/C12H25NO/c1-9(2)8-12(6,10(14)13-7)11(3,4)5/h9H,8H2,1-7H3,(H,13,14). The fourth-order valence-electron chi connectivity index (χ4n) is 1.83. The van der Waals surface area contributed by atoms with E-state index in [0.29, 0.717) is 5.92 Å². The maximum Gasteiger partial charge on any atom is 0.226 e. The average molecular weight is 199 g/mol. The van der Waals surface area contributed by atoms with Crippen molar-refractivity contribution >= 4 is 5.91 Å². The Morgan fingerprint density at radius 2 is 1.64 bits per heavy atom. The lowest BCUT2D eigenvalue weighted by molar-refractivity contribution is -0.137. The number of amides is 1. The van der Waals surface area contributed by atoms with E-state index < -0.39 is 0 Å². The van der Waals surface area contributed by atoms with Crippen LogP contribution in [0.3, 0.4) is 0 Å². The first kappa shape index (κ1) is 13.5. The van der Waals surface area contributed by atoms with Crippen molar-refractivity contribution < 1.29 is 4.79 Å². The molecule has 1 atom stereocenters. The van der Waals surface area contributed by atoms with Gasteiger partial charge in [0.2, 0.25) is 5.91 Å². The van der Waals surface area contributed by atoms with Gasteiger partial charge in [-0.2, -0.15) is 0 Å². The normalized spacial score (nSPS) is 16.6. The lowest BCUT2D eigenvalue weighted by Crippen LogP contribution is -2.46. The second kappa shape index (κ2) is 4.33. The minimum absolute atomic E-state index is 0.00262. The van der Waals surface area contributed by atoms with Crippen LogP contribution in [0, 0.1) is 16.7 Å². The van der Waals surface area contributed by atoms with Crippen LogP contribution in [0.4, 0.5) is 0 Å². The maximum atomic E-state index is 11.9. The van der Waals surface area contributed by atoms with Gasteiger partial charge in [-0.15, -0.1) is 0 Å². The highest BCUT2D eigenvalue weighted by atomic mass is 16.2. The summed E-state index contributed by atoms with van der Waals surface area (Å²) in [5.74, 6) is 0.690. The third-order valence-corrected chi connectivity index (χ3v) is 3.20. The molecular weight excluding hydrogens is 174 g/mol. The molecule has 14 heavy (non-hydrogen) atoms. The summed E-state index contributed by atoms with van der Waals surface area (Å²) in [6.07, 6.45) is 0.927. The van der Waals surface area contributed by atoms with Gasteiger partial charge in [-0.25, -0.2) is 0 Å². The first-order valence-electron chi connectivity index (χ1n) is 5.37. The quantitative estimate of drug-likeness (QED) is 0.744. The van der Waals surface area contributed by atoms with E-state index >= 15 is 0 Å². The van der Waals surface area contributed by atoms with Gasteiger partial charge >= 0.3 is 0 Å². The van der Waals surface area contributed by atoms with Crippen LogP contribution in [-0.4, -0.2) is 13.0 Å². The summed E-state index contributed by atoms with van der Waals surface area (Å²) >= 11 is 0. The molecule has 0 radical (unpaired) electrons. The Balaban J connectivity index is 4.96. The van der Waals surface area contributed by atoms with Gasteiger partial charge in [0, 0.05) is 7.05 Å². The molecule has 0 rings (SSSR count). The largest absolute Gasteiger partial charge is 0.359 e. The second-order valence-corrected chi connectivity index (χ2v) is 5.76. The lowest BCUT2D eigenvalue weighted by atomic mass is 9.63. The molecule has 84 valence electrons. The molecule has 0 saturated heterocycles. The van der Waals surface area contributed by atoms with Crippen LogP contribution in [0.15, 0.2) is 0 Å². The van der Waals surface area contributed by atoms with Crippen molar-refractivity contribution in [3.63, 3.8) is 0 Å². The summed E-state index contributed by atoms with van der Waals surface area (Å²) in [5.41, 5.74) is -0.284. The number of rotatable bonds is 3. The summed E-state index contributed by atoms with van der Waals surface area (Å²) in [6.45, 7) is 12.8. The van der Waals surface area contributed by atoms with Gasteiger partial charge in [-0.1, -0.05) is 41.5 Å². The lowest BCUT2D eigenvalue weighted by Gasteiger charge is -2.41. The van der Waals surface area contributed by atoms with Gasteiger partial charge in [0.15, 0.2) is 0 Å². The van der Waals surface area contributed by atoms with Crippen LogP contribution in [0.2, 0.25) is 0 Å². The molecule has 0 fully saturated rings. The van der Waals surface area contributed by atoms with Gasteiger partial charge in [0.1, 0.15) is 0 Å². The Labute approximate surface area is 88.5 Å². The molecule has 0 aliphatic carbocycles. The van der Waals surface area contributed by atoms with Crippen molar-refractivity contribution in [2.75, 3.05) is 7.05 Å². The van der Waals surface area contributed by atoms with E-state index in [9.17, 15) is 4.79 Å². The molecule has 0 aliphatic heterocycles. The van der Waals surface area contributed by atoms with Gasteiger partial charge in [0.05, 0.1) is 5.41 Å². The minimum atomic E-state index is -0.282. The molecule has 1 unspecified atom stereocenters. The Hall–Kier alpha value is -0.530. The molecule has 0 aromatic carbocycles. The van der Waals surface area contributed by atoms with Crippen LogP contribution < -0.4 is 5.32 Å². The van der Waals surface area contributed by atoms with E-state index in [-0.39, 0.29) is 16.7 Å². The van der Waals surface area contributed by atoms with Crippen LogP contribution in [0.25, 0.3) is 0 Å². The number of carbonyl (C=O) groups excluding carboxylic acids is 1. The summed E-state index contributed by atoms with van der Waals surface area (Å²) in [4.78, 5) is 11.9. The molecule has 0 aromatic rings. The first-order chi connectivity index (χ1) is 6.15. The van der Waals surface area contributed by atoms with Crippen molar-refractivity contribution in [3.05, 3.63) is 0 Å². The van der Waals surface area contributed by atoms with E-state index in [4.69, 9.17) is 0 Å². The third kappa shape index (κ3) is 2.73. The molecule has 0 bridgehead atoms. The summed E-state index contributed by atoms with van der Waals surface area (Å²) in [7, 11) is 1.71. The van der Waals surface area contributed by atoms with E-state index in [2.05, 4.69) is 46.9 Å². The monoisotopic (exact) mass is 199 g/mol. The summed E-state index contributed by atoms with van der Waals surface area (Å²) in [5, 5.41) is 2.78. The number of hydrogen-bond donors (Lipinski definition) is 1. The zero-order valence-electron chi connectivity index (χ0n) is 10.7. The molecule has 0 heterocycles. The molecule has 0 saturated carbocycles. The zero-order valence-corrected chi connectivity index (χ0v) is 10.7. The molecule has 0 aromatic heterocycles. The Kier molecular flexibility index (Phi) is 4.16. The van der Waals surface area contributed by atoms with E-state index in [0.717, 1.165) is 6.42 Å². The molecule has 2 heteroatoms. The Bertz CT molecular complexity index is 203. The predicted octanol–water partition coefficient (Wildman–Crippen LogP) is 2.83. The van der Waals surface area contributed by atoms with Crippen molar-refractivity contribution in [2.45, 2.75) is 48.0 Å². The highest BCUT2D eigenvalue weighted by Gasteiger charge is 2.43. The van der Waals surface area contributed by atoms with Crippen molar-refractivity contribution in [3.8, 4) is 0 Å². The smallest absolute Gasteiger partial charge is 0.226 e. The zero-order chi connectivity index (χ0) is 11.6. The van der Waals surface area contributed by atoms with Crippen LogP contribution in [-0.2, 0) is 4.79 Å². The average Bonchev–Trinajstić information content (AvgIpc) is 1.99. The number of nitrogens with one attached hydrogen (secondary N) is 1. The summed E-state index contributed by atoms with van der Waals surface area (Å²) in [6, 6.07) is 0. The van der Waals surface area contributed by atoms with Crippen LogP contribution >= 0.6 is 0 Å². The molecular formula is C12H25NO. The molecule has 2 nitrogen and oxygen atoms in total. The highest BCUT2D eigenvalue weighted by Crippen LogP contribution is 2.43. The van der Waals surface area contributed by atoms with Crippen molar-refractivity contribution in [2.24, 2.45) is 16.7 Å². The SMILES string of the molecule is CNC(=O)C(C)(CC(C)C)C(C)(C)C. The van der Waals surface area contributed by atoms with Crippen molar-refractivity contribution in [1.82, 2.24) is 5.32 Å². The predicted molar refractivity (Wildman–Crippen MR) is 61.1 cm³/mol.